The van der Waals surface area contributed by atoms with Crippen molar-refractivity contribution in [3.8, 4) is 11.3 Å². The summed E-state index contributed by atoms with van der Waals surface area (Å²) in [5.74, 6) is 0. The van der Waals surface area contributed by atoms with Crippen LogP contribution in [0.3, 0.4) is 0 Å². The zero-order valence-corrected chi connectivity index (χ0v) is 9.87. The number of H-pyrrole nitrogens is 1. The minimum absolute atomic E-state index is 0.831. The van der Waals surface area contributed by atoms with E-state index in [1.807, 2.05) is 36.2 Å². The molecule has 0 bridgehead atoms. The normalized spacial score (nSPS) is 10.5. The van der Waals surface area contributed by atoms with E-state index in [-0.39, 0.29) is 0 Å². The molecule has 0 fully saturated rings. The van der Waals surface area contributed by atoms with Crippen LogP contribution in [0.2, 0.25) is 0 Å². The Morgan fingerprint density at radius 2 is 2.17 bits per heavy atom. The largest absolute Gasteiger partial charge is 0.470 e. The molecule has 1 N–H and O–H groups in total. The van der Waals surface area contributed by atoms with Gasteiger partial charge in [0, 0.05) is 30.6 Å². The molecule has 5 nitrogen and oxygen atoms in total. The zero-order chi connectivity index (χ0) is 12.4. The third-order valence-electron chi connectivity index (χ3n) is 2.84. The van der Waals surface area contributed by atoms with E-state index < -0.39 is 0 Å². The van der Waals surface area contributed by atoms with Gasteiger partial charge >= 0.3 is 0 Å². The Morgan fingerprint density at radius 1 is 1.22 bits per heavy atom. The number of hydrogen-bond acceptors (Lipinski definition) is 4. The summed E-state index contributed by atoms with van der Waals surface area (Å²) in [6, 6.07) is 10.0. The van der Waals surface area contributed by atoms with Gasteiger partial charge < -0.3 is 9.32 Å². The first-order chi connectivity index (χ1) is 8.84. The Bertz CT molecular complexity index is 616. The molecule has 0 spiro atoms. The third-order valence-corrected chi connectivity index (χ3v) is 2.84. The maximum Gasteiger partial charge on any atom is 0.114 e. The fourth-order valence-corrected chi connectivity index (χ4v) is 1.81. The number of hydrogen-bond donors (Lipinski definition) is 1. The molecule has 0 radical (unpaired) electrons. The van der Waals surface area contributed by atoms with E-state index >= 15 is 0 Å². The van der Waals surface area contributed by atoms with Crippen LogP contribution in [0.25, 0.3) is 11.3 Å². The van der Waals surface area contributed by atoms with Crippen molar-refractivity contribution in [1.29, 1.82) is 0 Å². The quantitative estimate of drug-likeness (QED) is 0.764. The second-order valence-corrected chi connectivity index (χ2v) is 3.95. The predicted molar refractivity (Wildman–Crippen MR) is 68.6 cm³/mol. The SMILES string of the molecule is CN(c1ccoc1)c1cccc(-c2c[nH]nn2)c1. The Kier molecular flexibility index (Phi) is 2.57. The highest BCUT2D eigenvalue weighted by molar-refractivity contribution is 5.69. The van der Waals surface area contributed by atoms with Gasteiger partial charge in [0.2, 0.25) is 0 Å². The summed E-state index contributed by atoms with van der Waals surface area (Å²) in [5.41, 5.74) is 3.93. The van der Waals surface area contributed by atoms with Crippen molar-refractivity contribution in [2.75, 3.05) is 11.9 Å². The van der Waals surface area contributed by atoms with Crippen LogP contribution in [0.5, 0.6) is 0 Å². The lowest BCUT2D eigenvalue weighted by molar-refractivity contribution is 0.567. The summed E-state index contributed by atoms with van der Waals surface area (Å²) in [6.07, 6.45) is 5.15. The van der Waals surface area contributed by atoms with Gasteiger partial charge in [-0.2, -0.15) is 0 Å². The van der Waals surface area contributed by atoms with Gasteiger partial charge in [0.25, 0.3) is 0 Å². The van der Waals surface area contributed by atoms with Crippen molar-refractivity contribution < 1.29 is 4.42 Å². The number of benzene rings is 1. The smallest absolute Gasteiger partial charge is 0.114 e. The van der Waals surface area contributed by atoms with Gasteiger partial charge in [0.05, 0.1) is 12.0 Å². The highest BCUT2D eigenvalue weighted by Crippen LogP contribution is 2.27. The topological polar surface area (TPSA) is 58.0 Å². The van der Waals surface area contributed by atoms with Crippen LogP contribution < -0.4 is 4.90 Å². The molecule has 3 aromatic rings. The molecule has 0 aliphatic carbocycles. The van der Waals surface area contributed by atoms with Crippen LogP contribution in [0.15, 0.2) is 53.5 Å². The van der Waals surface area contributed by atoms with Gasteiger partial charge in [-0.3, -0.25) is 5.10 Å². The molecule has 0 aliphatic heterocycles. The van der Waals surface area contributed by atoms with Gasteiger partial charge in [-0.1, -0.05) is 17.3 Å². The molecule has 0 saturated carbocycles. The van der Waals surface area contributed by atoms with E-state index in [1.165, 1.54) is 0 Å². The van der Waals surface area contributed by atoms with Gasteiger partial charge in [0.15, 0.2) is 0 Å². The summed E-state index contributed by atoms with van der Waals surface area (Å²) in [6.45, 7) is 0. The monoisotopic (exact) mass is 240 g/mol. The van der Waals surface area contributed by atoms with Gasteiger partial charge in [-0.05, 0) is 12.1 Å². The molecule has 2 aromatic heterocycles. The number of anilines is 2. The highest BCUT2D eigenvalue weighted by Gasteiger charge is 2.07. The van der Waals surface area contributed by atoms with Crippen LogP contribution in [-0.2, 0) is 0 Å². The van der Waals surface area contributed by atoms with Crippen LogP contribution in [-0.4, -0.2) is 22.5 Å². The summed E-state index contributed by atoms with van der Waals surface area (Å²) < 4.78 is 5.09. The third kappa shape index (κ3) is 1.86. The molecular formula is C13H12N4O. The Labute approximate surface area is 104 Å². The van der Waals surface area contributed by atoms with Gasteiger partial charge in [0.1, 0.15) is 12.0 Å². The highest BCUT2D eigenvalue weighted by atomic mass is 16.3. The first-order valence-electron chi connectivity index (χ1n) is 5.57. The molecular weight excluding hydrogens is 228 g/mol. The minimum Gasteiger partial charge on any atom is -0.470 e. The summed E-state index contributed by atoms with van der Waals surface area (Å²) >= 11 is 0. The van der Waals surface area contributed by atoms with Gasteiger partial charge in [-0.15, -0.1) is 5.10 Å². The standard InChI is InChI=1S/C13H12N4O/c1-17(12-5-6-18-9-12)11-4-2-3-10(7-11)13-8-14-16-15-13/h2-9H,1H3,(H,14,15,16). The van der Waals surface area contributed by atoms with E-state index in [0.29, 0.717) is 0 Å². The first-order valence-corrected chi connectivity index (χ1v) is 5.57. The molecule has 2 heterocycles. The number of furan rings is 1. The fraction of sp³-hybridized carbons (Fsp3) is 0.0769. The van der Waals surface area contributed by atoms with E-state index in [4.69, 9.17) is 4.42 Å². The van der Waals surface area contributed by atoms with Crippen LogP contribution >= 0.6 is 0 Å². The molecule has 18 heavy (non-hydrogen) atoms. The lowest BCUT2D eigenvalue weighted by Gasteiger charge is -2.17. The molecule has 0 unspecified atom stereocenters. The Morgan fingerprint density at radius 3 is 2.89 bits per heavy atom. The average molecular weight is 240 g/mol. The maximum absolute atomic E-state index is 5.09. The number of aromatic nitrogens is 3. The molecule has 0 atom stereocenters. The Hall–Kier alpha value is -2.56. The summed E-state index contributed by atoms with van der Waals surface area (Å²) in [4.78, 5) is 2.05. The molecule has 90 valence electrons. The number of aromatic amines is 1. The lowest BCUT2D eigenvalue weighted by atomic mass is 10.1. The molecule has 0 saturated heterocycles. The van der Waals surface area contributed by atoms with E-state index in [2.05, 4.69) is 21.5 Å². The summed E-state index contributed by atoms with van der Waals surface area (Å²) in [7, 11) is 1.99. The van der Waals surface area contributed by atoms with Crippen LogP contribution in [0.1, 0.15) is 0 Å². The van der Waals surface area contributed by atoms with Crippen LogP contribution in [0, 0.1) is 0 Å². The van der Waals surface area contributed by atoms with Crippen LogP contribution in [0.4, 0.5) is 11.4 Å². The van der Waals surface area contributed by atoms with Crippen molar-refractivity contribution in [3.63, 3.8) is 0 Å². The minimum atomic E-state index is 0.831. The van der Waals surface area contributed by atoms with Crippen molar-refractivity contribution in [3.05, 3.63) is 49.1 Å². The lowest BCUT2D eigenvalue weighted by Crippen LogP contribution is -2.08. The molecule has 0 aliphatic rings. The number of nitrogens with one attached hydrogen (secondary N) is 1. The maximum atomic E-state index is 5.09. The first kappa shape index (κ1) is 10.6. The molecule has 5 heteroatoms. The van der Waals surface area contributed by atoms with Crippen molar-refractivity contribution in [1.82, 2.24) is 15.4 Å². The zero-order valence-electron chi connectivity index (χ0n) is 9.87. The average Bonchev–Trinajstić information content (AvgIpc) is 3.11. The second-order valence-electron chi connectivity index (χ2n) is 3.95. The van der Waals surface area contributed by atoms with Crippen molar-refractivity contribution >= 4 is 11.4 Å². The molecule has 3 rings (SSSR count). The van der Waals surface area contributed by atoms with E-state index in [9.17, 15) is 0 Å². The predicted octanol–water partition coefficient (Wildman–Crippen LogP) is 2.83. The van der Waals surface area contributed by atoms with E-state index in [0.717, 1.165) is 22.6 Å². The van der Waals surface area contributed by atoms with E-state index in [1.54, 1.807) is 18.7 Å². The number of nitrogens with zero attached hydrogens (tertiary/aromatic N) is 3. The Balaban J connectivity index is 1.96. The molecule has 0 amide bonds. The van der Waals surface area contributed by atoms with Crippen molar-refractivity contribution in [2.24, 2.45) is 0 Å². The molecule has 1 aromatic carbocycles. The van der Waals surface area contributed by atoms with Crippen molar-refractivity contribution in [2.45, 2.75) is 0 Å². The van der Waals surface area contributed by atoms with Gasteiger partial charge in [-0.25, -0.2) is 0 Å². The number of rotatable bonds is 3. The summed E-state index contributed by atoms with van der Waals surface area (Å²) in [5, 5.41) is 10.4. The fourth-order valence-electron chi connectivity index (χ4n) is 1.81. The second kappa shape index (κ2) is 4.37.